The first kappa shape index (κ1) is 29.6. The van der Waals surface area contributed by atoms with Crippen molar-refractivity contribution in [3.8, 4) is 6.07 Å². The number of aryl methyl sites for hydroxylation is 1. The molecule has 4 aromatic rings. The van der Waals surface area contributed by atoms with Gasteiger partial charge in [0, 0.05) is 62.3 Å². The quantitative estimate of drug-likeness (QED) is 0.290. The number of amides is 1. The van der Waals surface area contributed by atoms with Gasteiger partial charge in [-0.2, -0.15) is 5.26 Å². The molecule has 9 nitrogen and oxygen atoms in total. The van der Waals surface area contributed by atoms with Gasteiger partial charge in [0.25, 0.3) is 5.91 Å². The lowest BCUT2D eigenvalue weighted by Gasteiger charge is -2.44. The summed E-state index contributed by atoms with van der Waals surface area (Å²) in [5.74, 6) is 0.245. The maximum Gasteiger partial charge on any atom is 0.256 e. The van der Waals surface area contributed by atoms with Crippen LogP contribution in [0.5, 0.6) is 0 Å². The molecule has 1 amide bonds. The smallest absolute Gasteiger partial charge is 0.256 e. The van der Waals surface area contributed by atoms with Crippen molar-refractivity contribution in [3.05, 3.63) is 77.1 Å². The number of nitriles is 1. The van der Waals surface area contributed by atoms with Crippen LogP contribution in [-0.4, -0.2) is 75.5 Å². The van der Waals surface area contributed by atoms with Gasteiger partial charge in [0.2, 0.25) is 0 Å². The van der Waals surface area contributed by atoms with Crippen LogP contribution in [0, 0.1) is 24.1 Å². The Kier molecular flexibility index (Phi) is 8.23. The summed E-state index contributed by atoms with van der Waals surface area (Å²) in [7, 11) is 0. The van der Waals surface area contributed by atoms with Crippen LogP contribution >= 0.6 is 0 Å². The number of fused-ring (bicyclic) bond motifs is 2. The summed E-state index contributed by atoms with van der Waals surface area (Å²) in [5.41, 5.74) is 5.97. The highest BCUT2D eigenvalue weighted by molar-refractivity contribution is 6.01. The number of nitrogens with one attached hydrogen (secondary N) is 1. The average Bonchev–Trinajstić information content (AvgIpc) is 3.47. The summed E-state index contributed by atoms with van der Waals surface area (Å²) in [4.78, 5) is 34.6. The molecule has 2 aliphatic rings. The Balaban J connectivity index is 1.19. The van der Waals surface area contributed by atoms with Gasteiger partial charge in [-0.1, -0.05) is 6.07 Å². The van der Waals surface area contributed by atoms with Crippen molar-refractivity contribution in [1.29, 1.82) is 5.26 Å². The molecule has 1 saturated heterocycles. The van der Waals surface area contributed by atoms with E-state index in [-0.39, 0.29) is 11.9 Å². The van der Waals surface area contributed by atoms with Crippen LogP contribution in [0.3, 0.4) is 0 Å². The molecule has 0 unspecified atom stereocenters. The fourth-order valence-electron chi connectivity index (χ4n) is 6.84. The highest BCUT2D eigenvalue weighted by Gasteiger charge is 2.34. The van der Waals surface area contributed by atoms with Gasteiger partial charge in [-0.3, -0.25) is 9.69 Å². The fraction of sp³-hybridized carbons (Fsp3) is 0.412. The van der Waals surface area contributed by atoms with E-state index in [1.54, 1.807) is 23.5 Å². The Hall–Kier alpha value is -4.49. The molecule has 0 spiro atoms. The zero-order chi connectivity index (χ0) is 31.0. The first-order chi connectivity index (χ1) is 21.3. The van der Waals surface area contributed by atoms with Crippen molar-refractivity contribution in [3.63, 3.8) is 0 Å². The zero-order valence-electron chi connectivity index (χ0n) is 25.8. The predicted octanol–water partition coefficient (Wildman–Crippen LogP) is 5.77. The van der Waals surface area contributed by atoms with Crippen LogP contribution in [0.25, 0.3) is 10.9 Å². The second-order valence-corrected chi connectivity index (χ2v) is 12.0. The Morgan fingerprint density at radius 3 is 2.66 bits per heavy atom. The van der Waals surface area contributed by atoms with E-state index in [2.05, 4.69) is 49.8 Å². The number of hydrogen-bond acceptors (Lipinski definition) is 7. The molecule has 2 aliphatic heterocycles. The molecular formula is C34H39FN8O. The van der Waals surface area contributed by atoms with Gasteiger partial charge >= 0.3 is 0 Å². The lowest BCUT2D eigenvalue weighted by Crippen LogP contribution is -2.50. The SMILES string of the molecule is CCN(C(=O)c1cc(F)ccc1N1CCN(C2CCN(Cc3ccc4[nH]c(C#N)cc4c3C)CC2)c2ncncc21)C(C)C. The minimum absolute atomic E-state index is 0.00109. The van der Waals surface area contributed by atoms with E-state index < -0.39 is 5.82 Å². The lowest BCUT2D eigenvalue weighted by atomic mass is 9.99. The zero-order valence-corrected chi connectivity index (χ0v) is 25.8. The third-order valence-corrected chi connectivity index (χ3v) is 9.20. The fourth-order valence-corrected chi connectivity index (χ4v) is 6.84. The van der Waals surface area contributed by atoms with Crippen LogP contribution in [-0.2, 0) is 6.54 Å². The molecule has 0 saturated carbocycles. The van der Waals surface area contributed by atoms with Crippen LogP contribution in [0.2, 0.25) is 0 Å². The van der Waals surface area contributed by atoms with E-state index in [0.717, 1.165) is 61.4 Å². The number of benzene rings is 2. The monoisotopic (exact) mass is 594 g/mol. The molecule has 0 aliphatic carbocycles. The van der Waals surface area contributed by atoms with Crippen LogP contribution in [0.1, 0.15) is 60.8 Å². The number of H-pyrrole nitrogens is 1. The van der Waals surface area contributed by atoms with E-state index in [1.807, 2.05) is 26.8 Å². The van der Waals surface area contributed by atoms with Crippen molar-refractivity contribution >= 4 is 34.0 Å². The maximum atomic E-state index is 14.5. The number of rotatable bonds is 7. The second kappa shape index (κ2) is 12.2. The van der Waals surface area contributed by atoms with E-state index >= 15 is 0 Å². The normalized spacial score (nSPS) is 15.9. The molecule has 4 heterocycles. The Labute approximate surface area is 257 Å². The summed E-state index contributed by atoms with van der Waals surface area (Å²) in [6.07, 6.45) is 5.40. The number of aromatic amines is 1. The van der Waals surface area contributed by atoms with E-state index in [1.165, 1.54) is 23.3 Å². The van der Waals surface area contributed by atoms with Gasteiger partial charge in [0.05, 0.1) is 17.4 Å². The number of aromatic nitrogens is 3. The predicted molar refractivity (Wildman–Crippen MR) is 171 cm³/mol. The molecule has 1 N–H and O–H groups in total. The van der Waals surface area contributed by atoms with E-state index in [4.69, 9.17) is 4.98 Å². The molecule has 0 atom stereocenters. The second-order valence-electron chi connectivity index (χ2n) is 12.0. The number of nitrogens with zero attached hydrogens (tertiary/aromatic N) is 7. The molecule has 2 aromatic heterocycles. The molecule has 44 heavy (non-hydrogen) atoms. The largest absolute Gasteiger partial charge is 0.350 e. The van der Waals surface area contributed by atoms with Gasteiger partial charge < -0.3 is 19.7 Å². The van der Waals surface area contributed by atoms with E-state index in [0.29, 0.717) is 36.1 Å². The number of carbonyl (C=O) groups is 1. The lowest BCUT2D eigenvalue weighted by molar-refractivity contribution is 0.0717. The summed E-state index contributed by atoms with van der Waals surface area (Å²) in [6, 6.07) is 13.2. The van der Waals surface area contributed by atoms with Crippen molar-refractivity contribution in [1.82, 2.24) is 24.8 Å². The summed E-state index contributed by atoms with van der Waals surface area (Å²) >= 11 is 0. The molecule has 10 heteroatoms. The van der Waals surface area contributed by atoms with Crippen LogP contribution < -0.4 is 9.80 Å². The standard InChI is InChI=1S/C34H39FN8O/c1-5-41(22(2)3)34(44)29-16-25(35)7-9-31(29)43-15-14-42(33-32(43)19-37-21-38-33)27-10-12-40(13-11-27)20-24-6-8-30-28(23(24)4)17-26(18-36)39-30/h6-9,16-17,19,21-22,27,39H,5,10-15,20H2,1-4H3. The average molecular weight is 595 g/mol. The first-order valence-corrected chi connectivity index (χ1v) is 15.5. The Morgan fingerprint density at radius 1 is 1.14 bits per heavy atom. The highest BCUT2D eigenvalue weighted by Crippen LogP contribution is 2.40. The maximum absolute atomic E-state index is 14.5. The van der Waals surface area contributed by atoms with E-state index in [9.17, 15) is 14.4 Å². The summed E-state index contributed by atoms with van der Waals surface area (Å²) in [6.45, 7) is 12.8. The number of halogens is 1. The van der Waals surface area contributed by atoms with Crippen molar-refractivity contribution < 1.29 is 9.18 Å². The third-order valence-electron chi connectivity index (χ3n) is 9.20. The van der Waals surface area contributed by atoms with Crippen LogP contribution in [0.4, 0.5) is 21.6 Å². The molecule has 0 bridgehead atoms. The third kappa shape index (κ3) is 5.48. The minimum Gasteiger partial charge on any atom is -0.350 e. The molecule has 228 valence electrons. The first-order valence-electron chi connectivity index (χ1n) is 15.5. The summed E-state index contributed by atoms with van der Waals surface area (Å²) in [5, 5.41) is 10.4. The number of piperidine rings is 1. The topological polar surface area (TPSA) is 95.4 Å². The molecular weight excluding hydrogens is 555 g/mol. The van der Waals surface area contributed by atoms with Gasteiger partial charge in [0.15, 0.2) is 5.82 Å². The molecule has 6 rings (SSSR count). The van der Waals surface area contributed by atoms with Crippen molar-refractivity contribution in [2.75, 3.05) is 42.5 Å². The number of likely N-dealkylation sites (tertiary alicyclic amines) is 1. The molecule has 1 fully saturated rings. The molecule has 2 aromatic carbocycles. The minimum atomic E-state index is -0.429. The van der Waals surface area contributed by atoms with Crippen molar-refractivity contribution in [2.24, 2.45) is 0 Å². The Bertz CT molecular complexity index is 1720. The highest BCUT2D eigenvalue weighted by atomic mass is 19.1. The number of anilines is 3. The van der Waals surface area contributed by atoms with Gasteiger partial charge in [-0.15, -0.1) is 0 Å². The molecule has 0 radical (unpaired) electrons. The van der Waals surface area contributed by atoms with Crippen molar-refractivity contribution in [2.45, 2.75) is 59.2 Å². The van der Waals surface area contributed by atoms with Gasteiger partial charge in [-0.05, 0) is 82.0 Å². The van der Waals surface area contributed by atoms with Gasteiger partial charge in [-0.25, -0.2) is 14.4 Å². The number of carbonyl (C=O) groups excluding carboxylic acids is 1. The Morgan fingerprint density at radius 2 is 1.93 bits per heavy atom. The van der Waals surface area contributed by atoms with Crippen LogP contribution in [0.15, 0.2) is 48.9 Å². The number of hydrogen-bond donors (Lipinski definition) is 1. The van der Waals surface area contributed by atoms with Gasteiger partial charge in [0.1, 0.15) is 29.6 Å². The summed E-state index contributed by atoms with van der Waals surface area (Å²) < 4.78 is 14.5.